The van der Waals surface area contributed by atoms with Crippen molar-refractivity contribution in [2.45, 2.75) is 11.8 Å². The number of fused-ring (bicyclic) bond motifs is 1. The minimum Gasteiger partial charge on any atom is -0.482 e. The molecule has 27 heavy (non-hydrogen) atoms. The number of carbonyl (C=O) groups is 2. The number of benzene rings is 2. The second kappa shape index (κ2) is 7.09. The van der Waals surface area contributed by atoms with Gasteiger partial charge in [0, 0.05) is 5.02 Å². The van der Waals surface area contributed by atoms with E-state index in [9.17, 15) is 18.0 Å². The molecule has 0 spiro atoms. The first kappa shape index (κ1) is 19.0. The van der Waals surface area contributed by atoms with Crippen molar-refractivity contribution >= 4 is 44.9 Å². The number of rotatable bonds is 5. The predicted octanol–water partition coefficient (Wildman–Crippen LogP) is 2.26. The first-order valence-corrected chi connectivity index (χ1v) is 9.62. The van der Waals surface area contributed by atoms with Crippen LogP contribution in [-0.4, -0.2) is 38.6 Å². The summed E-state index contributed by atoms with van der Waals surface area (Å²) in [6.45, 7) is 0.764. The molecule has 0 aromatic heterocycles. The van der Waals surface area contributed by atoms with Crippen LogP contribution < -0.4 is 14.4 Å². The zero-order valence-electron chi connectivity index (χ0n) is 14.1. The molecule has 0 aliphatic carbocycles. The smallest absolute Gasteiger partial charge is 0.323 e. The number of nitrogens with one attached hydrogen (secondary N) is 1. The van der Waals surface area contributed by atoms with Gasteiger partial charge in [0.25, 0.3) is 15.9 Å². The second-order valence-corrected chi connectivity index (χ2v) is 7.90. The van der Waals surface area contributed by atoms with Crippen LogP contribution in [0, 0.1) is 6.92 Å². The van der Waals surface area contributed by atoms with Crippen LogP contribution in [0.5, 0.6) is 5.75 Å². The number of nitrogens with zero attached hydrogens (tertiary/aromatic N) is 1. The van der Waals surface area contributed by atoms with Crippen molar-refractivity contribution in [1.29, 1.82) is 0 Å². The van der Waals surface area contributed by atoms with Crippen LogP contribution in [0.4, 0.5) is 11.4 Å². The van der Waals surface area contributed by atoms with Gasteiger partial charge in [0.15, 0.2) is 6.61 Å². The highest BCUT2D eigenvalue weighted by Crippen LogP contribution is 2.35. The van der Waals surface area contributed by atoms with Gasteiger partial charge in [-0.05, 0) is 42.8 Å². The standard InChI is InChI=1S/C17H15ClN2O6S/c1-10-12(18)3-2-4-13(10)19-27(24,25)11-5-6-15-14(7-11)20(8-17(22)23)16(21)9-26-15/h2-7,19H,8-9H2,1H3,(H,22,23). The second-order valence-electron chi connectivity index (χ2n) is 5.81. The molecule has 0 saturated heterocycles. The third kappa shape index (κ3) is 3.83. The van der Waals surface area contributed by atoms with Crippen molar-refractivity contribution in [3.8, 4) is 5.75 Å². The summed E-state index contributed by atoms with van der Waals surface area (Å²) in [4.78, 5) is 23.9. The molecule has 3 rings (SSSR count). The van der Waals surface area contributed by atoms with E-state index in [0.29, 0.717) is 16.3 Å². The Morgan fingerprint density at radius 3 is 2.78 bits per heavy atom. The van der Waals surface area contributed by atoms with E-state index in [1.165, 1.54) is 18.2 Å². The van der Waals surface area contributed by atoms with Crippen LogP contribution in [0.1, 0.15) is 5.56 Å². The Kier molecular flexibility index (Phi) is 4.99. The number of aliphatic carboxylic acids is 1. The Morgan fingerprint density at radius 1 is 1.33 bits per heavy atom. The van der Waals surface area contributed by atoms with Gasteiger partial charge in [0.05, 0.1) is 16.3 Å². The lowest BCUT2D eigenvalue weighted by atomic mass is 10.2. The molecule has 142 valence electrons. The minimum absolute atomic E-state index is 0.0827. The van der Waals surface area contributed by atoms with Gasteiger partial charge in [-0.3, -0.25) is 19.2 Å². The fourth-order valence-electron chi connectivity index (χ4n) is 2.58. The summed E-state index contributed by atoms with van der Waals surface area (Å²) >= 11 is 6.02. The summed E-state index contributed by atoms with van der Waals surface area (Å²) in [5.41, 5.74) is 0.959. The van der Waals surface area contributed by atoms with Crippen LogP contribution in [0.25, 0.3) is 0 Å². The molecule has 1 aliphatic heterocycles. The van der Waals surface area contributed by atoms with Crippen molar-refractivity contribution in [1.82, 2.24) is 0 Å². The van der Waals surface area contributed by atoms with Crippen molar-refractivity contribution in [2.24, 2.45) is 0 Å². The van der Waals surface area contributed by atoms with Crippen molar-refractivity contribution in [3.63, 3.8) is 0 Å². The van der Waals surface area contributed by atoms with E-state index in [4.69, 9.17) is 21.4 Å². The molecule has 2 aromatic carbocycles. The van der Waals surface area contributed by atoms with Crippen LogP contribution in [-0.2, 0) is 19.6 Å². The maximum Gasteiger partial charge on any atom is 0.323 e. The Bertz CT molecular complexity index is 1040. The minimum atomic E-state index is -4.01. The predicted molar refractivity (Wildman–Crippen MR) is 98.9 cm³/mol. The Labute approximate surface area is 160 Å². The first-order valence-electron chi connectivity index (χ1n) is 7.76. The molecular formula is C17H15ClN2O6S. The molecule has 2 N–H and O–H groups in total. The van der Waals surface area contributed by atoms with E-state index in [2.05, 4.69) is 4.72 Å². The lowest BCUT2D eigenvalue weighted by Crippen LogP contribution is -2.42. The van der Waals surface area contributed by atoms with E-state index in [1.807, 2.05) is 0 Å². The molecule has 0 radical (unpaired) electrons. The summed E-state index contributed by atoms with van der Waals surface area (Å²) in [6, 6.07) is 8.73. The van der Waals surface area contributed by atoms with Gasteiger partial charge in [-0.25, -0.2) is 8.42 Å². The largest absolute Gasteiger partial charge is 0.482 e. The number of anilines is 2. The number of sulfonamides is 1. The molecule has 1 aliphatic rings. The summed E-state index contributed by atoms with van der Waals surface area (Å²) in [5.74, 6) is -1.57. The molecule has 0 atom stereocenters. The average Bonchev–Trinajstić information content (AvgIpc) is 2.60. The molecule has 0 fully saturated rings. The Morgan fingerprint density at radius 2 is 2.07 bits per heavy atom. The number of ether oxygens (including phenoxy) is 1. The highest BCUT2D eigenvalue weighted by molar-refractivity contribution is 7.92. The fourth-order valence-corrected chi connectivity index (χ4v) is 3.90. The van der Waals surface area contributed by atoms with Crippen molar-refractivity contribution in [3.05, 3.63) is 47.0 Å². The molecule has 0 saturated carbocycles. The third-order valence-corrected chi connectivity index (χ3v) is 5.76. The van der Waals surface area contributed by atoms with Gasteiger partial charge >= 0.3 is 5.97 Å². The molecule has 10 heteroatoms. The van der Waals surface area contributed by atoms with Gasteiger partial charge in [0.2, 0.25) is 0 Å². The van der Waals surface area contributed by atoms with Crippen LogP contribution >= 0.6 is 11.6 Å². The van der Waals surface area contributed by atoms with Crippen molar-refractivity contribution in [2.75, 3.05) is 22.8 Å². The monoisotopic (exact) mass is 410 g/mol. The maximum atomic E-state index is 12.7. The Balaban J connectivity index is 2.00. The van der Waals surface area contributed by atoms with E-state index < -0.39 is 28.4 Å². The van der Waals surface area contributed by atoms with Crippen molar-refractivity contribution < 1.29 is 27.9 Å². The summed E-state index contributed by atoms with van der Waals surface area (Å²) in [5, 5.41) is 9.42. The van der Waals surface area contributed by atoms with E-state index in [0.717, 1.165) is 4.90 Å². The van der Waals surface area contributed by atoms with Gasteiger partial charge < -0.3 is 9.84 Å². The number of carboxylic acids is 1. The van der Waals surface area contributed by atoms with Crippen LogP contribution in [0.15, 0.2) is 41.3 Å². The van der Waals surface area contributed by atoms with Crippen LogP contribution in [0.2, 0.25) is 5.02 Å². The lowest BCUT2D eigenvalue weighted by Gasteiger charge is -2.28. The molecule has 1 amide bonds. The van der Waals surface area contributed by atoms with E-state index in [1.54, 1.807) is 25.1 Å². The quantitative estimate of drug-likeness (QED) is 0.781. The van der Waals surface area contributed by atoms with E-state index in [-0.39, 0.29) is 22.9 Å². The number of hydrogen-bond donors (Lipinski definition) is 2. The molecular weight excluding hydrogens is 396 g/mol. The average molecular weight is 411 g/mol. The molecule has 0 bridgehead atoms. The molecule has 0 unspecified atom stereocenters. The number of carbonyl (C=O) groups excluding carboxylic acids is 1. The maximum absolute atomic E-state index is 12.7. The normalized spacial score (nSPS) is 13.7. The highest BCUT2D eigenvalue weighted by Gasteiger charge is 2.29. The summed E-state index contributed by atoms with van der Waals surface area (Å²) < 4.78 is 33.2. The molecule has 1 heterocycles. The lowest BCUT2D eigenvalue weighted by molar-refractivity contribution is -0.137. The zero-order valence-corrected chi connectivity index (χ0v) is 15.7. The third-order valence-electron chi connectivity index (χ3n) is 3.99. The first-order chi connectivity index (χ1) is 12.7. The summed E-state index contributed by atoms with van der Waals surface area (Å²) in [7, 11) is -4.01. The van der Waals surface area contributed by atoms with E-state index >= 15 is 0 Å². The fraction of sp³-hybridized carbons (Fsp3) is 0.176. The van der Waals surface area contributed by atoms with Gasteiger partial charge in [-0.15, -0.1) is 0 Å². The number of halogens is 1. The Hall–Kier alpha value is -2.78. The van der Waals surface area contributed by atoms with Gasteiger partial charge in [-0.1, -0.05) is 17.7 Å². The van der Waals surface area contributed by atoms with Gasteiger partial charge in [-0.2, -0.15) is 0 Å². The molecule has 8 nitrogen and oxygen atoms in total. The van der Waals surface area contributed by atoms with Crippen LogP contribution in [0.3, 0.4) is 0 Å². The number of amides is 1. The number of hydrogen-bond acceptors (Lipinski definition) is 5. The highest BCUT2D eigenvalue weighted by atomic mass is 35.5. The molecule has 2 aromatic rings. The summed E-state index contributed by atoms with van der Waals surface area (Å²) in [6.07, 6.45) is 0. The topological polar surface area (TPSA) is 113 Å². The zero-order chi connectivity index (χ0) is 19.8. The number of carboxylic acid groups (broad SMARTS) is 1. The van der Waals surface area contributed by atoms with Gasteiger partial charge in [0.1, 0.15) is 12.3 Å². The SMILES string of the molecule is Cc1c(Cl)cccc1NS(=O)(=O)c1ccc2c(c1)N(CC(=O)O)C(=O)CO2.